The third-order valence-corrected chi connectivity index (χ3v) is 10.4. The number of halogens is 3. The lowest BCUT2D eigenvalue weighted by Gasteiger charge is -2.21. The Labute approximate surface area is 244 Å². The van der Waals surface area contributed by atoms with Crippen LogP contribution in [-0.2, 0) is 22.9 Å². The number of sulfonamides is 1. The number of thiophene rings is 1. The summed E-state index contributed by atoms with van der Waals surface area (Å²) >= 11 is 0.973. The third-order valence-electron chi connectivity index (χ3n) is 7.71. The molecule has 2 aliphatic rings. The van der Waals surface area contributed by atoms with Crippen molar-refractivity contribution in [2.24, 2.45) is 0 Å². The number of fused-ring (bicyclic) bond motifs is 2. The normalized spacial score (nSPS) is 18.8. The number of hydrogen-bond donors (Lipinski definition) is 1. The predicted octanol–water partition coefficient (Wildman–Crippen LogP) is 5.22. The molecule has 0 saturated carbocycles. The molecule has 1 saturated heterocycles. The summed E-state index contributed by atoms with van der Waals surface area (Å²) in [5.41, 5.74) is 4.46. The van der Waals surface area contributed by atoms with Gasteiger partial charge in [-0.2, -0.15) is 18.4 Å². The summed E-state index contributed by atoms with van der Waals surface area (Å²) in [6, 6.07) is 10.1. The number of alkyl halides is 3. The molecule has 0 spiro atoms. The van der Waals surface area contributed by atoms with Crippen molar-refractivity contribution < 1.29 is 21.6 Å². The van der Waals surface area contributed by atoms with E-state index in [1.165, 1.54) is 12.4 Å². The fourth-order valence-corrected chi connectivity index (χ4v) is 8.28. The van der Waals surface area contributed by atoms with Gasteiger partial charge in [-0.05, 0) is 60.4 Å². The number of hydrogen-bond acceptors (Lipinski definition) is 8. The van der Waals surface area contributed by atoms with Crippen molar-refractivity contribution in [1.82, 2.24) is 19.7 Å². The van der Waals surface area contributed by atoms with Crippen molar-refractivity contribution in [2.45, 2.75) is 49.7 Å². The van der Waals surface area contributed by atoms with E-state index in [1.54, 1.807) is 31.3 Å². The largest absolute Gasteiger partial charge is 0.393 e. The highest BCUT2D eigenvalue weighted by Crippen LogP contribution is 2.38. The Bertz CT molecular complexity index is 1880. The van der Waals surface area contributed by atoms with Gasteiger partial charge in [0.05, 0.1) is 22.8 Å². The summed E-state index contributed by atoms with van der Waals surface area (Å²) in [5.74, 6) is 0.144. The van der Waals surface area contributed by atoms with Crippen LogP contribution in [0, 0.1) is 25.2 Å². The highest BCUT2D eigenvalue weighted by Gasteiger charge is 2.39. The number of allylic oxidation sites excluding steroid dienone is 1. The molecule has 3 aromatic heterocycles. The Morgan fingerprint density at radius 3 is 2.67 bits per heavy atom. The second-order valence-electron chi connectivity index (χ2n) is 10.6. The number of nitrogens with zero attached hydrogens (tertiary/aromatic N) is 5. The first kappa shape index (κ1) is 28.3. The zero-order valence-electron chi connectivity index (χ0n) is 22.6. The van der Waals surface area contributed by atoms with E-state index in [1.807, 2.05) is 24.0 Å². The van der Waals surface area contributed by atoms with Gasteiger partial charge in [-0.3, -0.25) is 4.98 Å². The van der Waals surface area contributed by atoms with E-state index in [2.05, 4.69) is 25.7 Å². The van der Waals surface area contributed by atoms with Crippen LogP contribution >= 0.6 is 11.3 Å². The molecule has 0 amide bonds. The van der Waals surface area contributed by atoms with Gasteiger partial charge in [-0.1, -0.05) is 12.1 Å². The monoisotopic (exact) mass is 610 g/mol. The highest BCUT2D eigenvalue weighted by atomic mass is 32.2. The molecule has 1 fully saturated rings. The average Bonchev–Trinajstić information content (AvgIpc) is 3.64. The molecule has 1 N–H and O–H groups in total. The average molecular weight is 611 g/mol. The van der Waals surface area contributed by atoms with Crippen molar-refractivity contribution in [1.29, 1.82) is 5.26 Å². The van der Waals surface area contributed by atoms with Gasteiger partial charge in [0.1, 0.15) is 17.0 Å². The number of anilines is 1. The van der Waals surface area contributed by atoms with Gasteiger partial charge in [0, 0.05) is 53.8 Å². The quantitative estimate of drug-likeness (QED) is 0.319. The van der Waals surface area contributed by atoms with Gasteiger partial charge < -0.3 is 4.90 Å². The molecule has 1 aliphatic heterocycles. The molecule has 42 heavy (non-hydrogen) atoms. The molecule has 1 aromatic carbocycles. The Balaban J connectivity index is 1.35. The van der Waals surface area contributed by atoms with E-state index in [0.29, 0.717) is 40.1 Å². The van der Waals surface area contributed by atoms with Crippen LogP contribution in [0.15, 0.2) is 53.3 Å². The number of benzene rings is 1. The molecule has 8 nitrogen and oxygen atoms in total. The summed E-state index contributed by atoms with van der Waals surface area (Å²) in [5, 5.41) is 9.82. The summed E-state index contributed by atoms with van der Waals surface area (Å²) in [4.78, 5) is 15.6. The molecule has 2 unspecified atom stereocenters. The standard InChI is InChI=1S/C29H25F3N6O2S2/c1-16-3-4-20(12-34-16)24-13-38(27-23-9-21(10-29(30,31)32)41-28(23)36-15-35-27)14-25(24)37-42(39,40)26-6-5-19-7-18(11-33)8-22(19)17(26)2/h3-6,8-9,12,15,24-25,37H,7,10,13-14H2,1-2H3. The zero-order valence-corrected chi connectivity index (χ0v) is 24.2. The Morgan fingerprint density at radius 2 is 1.95 bits per heavy atom. The van der Waals surface area contributed by atoms with Crippen LogP contribution in [0.4, 0.5) is 19.0 Å². The van der Waals surface area contributed by atoms with Crippen molar-refractivity contribution in [3.8, 4) is 6.07 Å². The minimum Gasteiger partial charge on any atom is -0.354 e. The molecule has 0 radical (unpaired) electrons. The second kappa shape index (κ2) is 10.4. The summed E-state index contributed by atoms with van der Waals surface area (Å²) in [6.07, 6.45) is -0.156. The molecular formula is C29H25F3N6O2S2. The molecule has 216 valence electrons. The molecule has 4 heterocycles. The molecular weight excluding hydrogens is 585 g/mol. The maximum absolute atomic E-state index is 13.8. The van der Waals surface area contributed by atoms with Crippen LogP contribution in [0.25, 0.3) is 16.3 Å². The summed E-state index contributed by atoms with van der Waals surface area (Å²) < 4.78 is 69.8. The molecule has 13 heteroatoms. The number of aryl methyl sites for hydroxylation is 1. The lowest BCUT2D eigenvalue weighted by Crippen LogP contribution is -2.40. The molecule has 6 rings (SSSR count). The van der Waals surface area contributed by atoms with E-state index in [4.69, 9.17) is 0 Å². The van der Waals surface area contributed by atoms with Crippen LogP contribution in [0.1, 0.15) is 38.7 Å². The third kappa shape index (κ3) is 5.37. The van der Waals surface area contributed by atoms with Gasteiger partial charge >= 0.3 is 6.18 Å². The SMILES string of the molecule is Cc1ccc(C2CN(c3ncnc4sc(CC(F)(F)F)cc34)CC2NS(=O)(=O)c2ccc3c(c2C)C=C(C#N)C3)cn1. The van der Waals surface area contributed by atoms with E-state index in [-0.39, 0.29) is 22.2 Å². The van der Waals surface area contributed by atoms with Gasteiger partial charge in [0.2, 0.25) is 10.0 Å². The minimum absolute atomic E-state index is 0.134. The fraction of sp³-hybridized carbons (Fsp3) is 0.310. The van der Waals surface area contributed by atoms with Crippen molar-refractivity contribution in [3.05, 3.63) is 81.3 Å². The van der Waals surface area contributed by atoms with Gasteiger partial charge in [-0.15, -0.1) is 11.3 Å². The van der Waals surface area contributed by atoms with E-state index >= 15 is 0 Å². The lowest BCUT2D eigenvalue weighted by molar-refractivity contribution is -0.126. The number of pyridine rings is 1. The first-order valence-corrected chi connectivity index (χ1v) is 15.4. The van der Waals surface area contributed by atoms with Gasteiger partial charge in [0.25, 0.3) is 0 Å². The Kier molecular flexibility index (Phi) is 7.03. The number of nitriles is 1. The van der Waals surface area contributed by atoms with Crippen LogP contribution in [-0.4, -0.2) is 48.7 Å². The van der Waals surface area contributed by atoms with Crippen molar-refractivity contribution in [2.75, 3.05) is 18.0 Å². The molecule has 2 atom stereocenters. The fourth-order valence-electron chi connectivity index (χ4n) is 5.74. The van der Waals surface area contributed by atoms with E-state index in [9.17, 15) is 26.9 Å². The lowest BCUT2D eigenvalue weighted by atomic mass is 9.96. The molecule has 1 aliphatic carbocycles. The van der Waals surface area contributed by atoms with Crippen LogP contribution in [0.3, 0.4) is 0 Å². The van der Waals surface area contributed by atoms with Crippen LogP contribution < -0.4 is 9.62 Å². The van der Waals surface area contributed by atoms with Crippen LogP contribution in [0.5, 0.6) is 0 Å². The summed E-state index contributed by atoms with van der Waals surface area (Å²) in [7, 11) is -4.00. The minimum atomic E-state index is -4.35. The maximum atomic E-state index is 13.8. The van der Waals surface area contributed by atoms with Crippen molar-refractivity contribution >= 4 is 43.5 Å². The molecule has 0 bridgehead atoms. The Morgan fingerprint density at radius 1 is 1.14 bits per heavy atom. The number of nitrogens with one attached hydrogen (secondary N) is 1. The smallest absolute Gasteiger partial charge is 0.354 e. The first-order valence-electron chi connectivity index (χ1n) is 13.1. The van der Waals surface area contributed by atoms with E-state index < -0.39 is 28.7 Å². The summed E-state index contributed by atoms with van der Waals surface area (Å²) in [6.45, 7) is 4.20. The Hall–Kier alpha value is -3.86. The number of aromatic nitrogens is 3. The van der Waals surface area contributed by atoms with Crippen molar-refractivity contribution in [3.63, 3.8) is 0 Å². The topological polar surface area (TPSA) is 112 Å². The molecule has 4 aromatic rings. The first-order chi connectivity index (χ1) is 19.9. The zero-order chi connectivity index (χ0) is 29.8. The number of rotatable bonds is 6. The second-order valence-corrected chi connectivity index (χ2v) is 13.4. The highest BCUT2D eigenvalue weighted by molar-refractivity contribution is 7.89. The van der Waals surface area contributed by atoms with Crippen LogP contribution in [0.2, 0.25) is 0 Å². The maximum Gasteiger partial charge on any atom is 0.393 e. The van der Waals surface area contributed by atoms with Gasteiger partial charge in [0.15, 0.2) is 0 Å². The van der Waals surface area contributed by atoms with E-state index in [0.717, 1.165) is 33.7 Å². The predicted molar refractivity (Wildman–Crippen MR) is 154 cm³/mol. The van der Waals surface area contributed by atoms with Gasteiger partial charge in [-0.25, -0.2) is 23.1 Å².